The maximum Gasteiger partial charge on any atom is 0.410 e. The second kappa shape index (κ2) is 12.4. The van der Waals surface area contributed by atoms with E-state index >= 15 is 0 Å². The third kappa shape index (κ3) is 7.90. The van der Waals surface area contributed by atoms with Crippen LogP contribution in [0, 0.1) is 11.8 Å². The molecule has 1 heterocycles. The number of unbranched alkanes of at least 4 members (excludes halogenated alkanes) is 1. The minimum atomic E-state index is -0.525. The van der Waals surface area contributed by atoms with Crippen LogP contribution in [0.1, 0.15) is 98.8 Å². The average Bonchev–Trinajstić information content (AvgIpc) is 2.69. The van der Waals surface area contributed by atoms with E-state index in [0.29, 0.717) is 18.6 Å². The smallest absolute Gasteiger partial charge is 0.410 e. The number of carbonyl (C=O) groups is 1. The SMILES string of the molecule is CCC[C@@H](CCCC[C@@H]1CCC[C@H]2[C@@H]1C[C@@H](O)[C@H](C)N2C(=O)OC(C)(C)C)OCOC. The number of nitrogens with zero attached hydrogens (tertiary/aromatic N) is 1. The number of hydrogen-bond acceptors (Lipinski definition) is 5. The molecule has 0 unspecified atom stereocenters. The second-order valence-electron chi connectivity index (χ2n) is 10.6. The number of fused-ring (bicyclic) bond motifs is 1. The summed E-state index contributed by atoms with van der Waals surface area (Å²) in [6, 6.07) is -0.00698. The van der Waals surface area contributed by atoms with Crippen LogP contribution >= 0.6 is 0 Å². The average molecular weight is 442 g/mol. The number of aliphatic hydroxyl groups excluding tert-OH is 1. The quantitative estimate of drug-likeness (QED) is 0.357. The number of hydrogen-bond donors (Lipinski definition) is 1. The summed E-state index contributed by atoms with van der Waals surface area (Å²) in [5.41, 5.74) is -0.525. The third-order valence-corrected chi connectivity index (χ3v) is 7.03. The number of methoxy groups -OCH3 is 1. The Morgan fingerprint density at radius 1 is 1.19 bits per heavy atom. The highest BCUT2D eigenvalue weighted by Crippen LogP contribution is 2.44. The van der Waals surface area contributed by atoms with E-state index < -0.39 is 11.7 Å². The van der Waals surface area contributed by atoms with Crippen LogP contribution in [0.3, 0.4) is 0 Å². The van der Waals surface area contributed by atoms with Crippen molar-refractivity contribution in [1.82, 2.24) is 4.90 Å². The van der Waals surface area contributed by atoms with E-state index in [9.17, 15) is 9.90 Å². The lowest BCUT2D eigenvalue weighted by Gasteiger charge is -2.52. The maximum atomic E-state index is 13.0. The van der Waals surface area contributed by atoms with Crippen molar-refractivity contribution in [2.45, 2.75) is 129 Å². The van der Waals surface area contributed by atoms with Crippen LogP contribution < -0.4 is 0 Å². The first kappa shape index (κ1) is 26.4. The first-order valence-electron chi connectivity index (χ1n) is 12.5. The van der Waals surface area contributed by atoms with Gasteiger partial charge in [-0.15, -0.1) is 0 Å². The van der Waals surface area contributed by atoms with Gasteiger partial charge in [0, 0.05) is 13.2 Å². The molecular weight excluding hydrogens is 394 g/mol. The molecule has 2 rings (SSSR count). The van der Waals surface area contributed by atoms with E-state index in [1.807, 2.05) is 32.6 Å². The molecule has 0 aromatic heterocycles. The van der Waals surface area contributed by atoms with E-state index in [1.165, 1.54) is 12.8 Å². The molecule has 1 aliphatic heterocycles. The van der Waals surface area contributed by atoms with Gasteiger partial charge in [-0.05, 0) is 65.2 Å². The minimum absolute atomic E-state index is 0.185. The van der Waals surface area contributed by atoms with Gasteiger partial charge in [-0.1, -0.05) is 45.4 Å². The summed E-state index contributed by atoms with van der Waals surface area (Å²) in [5, 5.41) is 10.8. The number of piperidine rings is 1. The predicted molar refractivity (Wildman–Crippen MR) is 123 cm³/mol. The molecule has 182 valence electrons. The van der Waals surface area contributed by atoms with Crippen LogP contribution in [0.4, 0.5) is 4.79 Å². The summed E-state index contributed by atoms with van der Waals surface area (Å²) in [7, 11) is 1.67. The Hall–Kier alpha value is -0.850. The number of amides is 1. The van der Waals surface area contributed by atoms with E-state index in [1.54, 1.807) is 7.11 Å². The molecule has 2 fully saturated rings. The van der Waals surface area contributed by atoms with E-state index in [0.717, 1.165) is 51.4 Å². The van der Waals surface area contributed by atoms with Gasteiger partial charge < -0.3 is 19.3 Å². The van der Waals surface area contributed by atoms with Crippen LogP contribution in [0.25, 0.3) is 0 Å². The van der Waals surface area contributed by atoms with E-state index in [4.69, 9.17) is 14.2 Å². The summed E-state index contributed by atoms with van der Waals surface area (Å²) < 4.78 is 16.6. The number of carbonyl (C=O) groups excluding carboxylic acids is 1. The Morgan fingerprint density at radius 3 is 2.58 bits per heavy atom. The van der Waals surface area contributed by atoms with Crippen molar-refractivity contribution in [2.75, 3.05) is 13.9 Å². The molecule has 31 heavy (non-hydrogen) atoms. The Bertz CT molecular complexity index is 534. The van der Waals surface area contributed by atoms with Crippen molar-refractivity contribution in [3.63, 3.8) is 0 Å². The van der Waals surface area contributed by atoms with Gasteiger partial charge in [0.15, 0.2) is 0 Å². The number of ether oxygens (including phenoxy) is 3. The zero-order valence-electron chi connectivity index (χ0n) is 20.8. The molecule has 6 nitrogen and oxygen atoms in total. The van der Waals surface area contributed by atoms with Crippen LogP contribution in [-0.2, 0) is 14.2 Å². The standard InChI is InChI=1S/C25H47NO5/c1-7-11-20(30-17-29-6)14-9-8-12-19-13-10-15-22-21(19)16-23(27)18(2)26(22)24(28)31-25(3,4)5/h18-23,27H,7-17H2,1-6H3/t18-,19+,20-,21+,22-,23+/m0/s1. The molecule has 2 aliphatic rings. The summed E-state index contributed by atoms with van der Waals surface area (Å²) in [4.78, 5) is 14.9. The van der Waals surface area contributed by atoms with Crippen molar-refractivity contribution in [3.05, 3.63) is 0 Å². The molecule has 1 N–H and O–H groups in total. The monoisotopic (exact) mass is 441 g/mol. The number of rotatable bonds is 10. The molecule has 0 aromatic carbocycles. The highest BCUT2D eigenvalue weighted by Gasteiger charge is 2.47. The van der Waals surface area contributed by atoms with Crippen LogP contribution in [0.2, 0.25) is 0 Å². The topological polar surface area (TPSA) is 68.2 Å². The molecule has 6 atom stereocenters. The molecule has 1 aliphatic carbocycles. The number of aliphatic hydroxyl groups is 1. The minimum Gasteiger partial charge on any atom is -0.444 e. The summed E-state index contributed by atoms with van der Waals surface area (Å²) in [6.07, 6.45) is 10.4. The Kier molecular flexibility index (Phi) is 10.6. The van der Waals surface area contributed by atoms with E-state index in [-0.39, 0.29) is 24.3 Å². The van der Waals surface area contributed by atoms with Crippen molar-refractivity contribution in [2.24, 2.45) is 11.8 Å². The van der Waals surface area contributed by atoms with Gasteiger partial charge in [0.2, 0.25) is 0 Å². The zero-order valence-corrected chi connectivity index (χ0v) is 20.8. The molecule has 0 bridgehead atoms. The van der Waals surface area contributed by atoms with E-state index in [2.05, 4.69) is 6.92 Å². The molecule has 0 aromatic rings. The molecule has 1 saturated heterocycles. The van der Waals surface area contributed by atoms with Gasteiger partial charge in [-0.3, -0.25) is 4.90 Å². The second-order valence-corrected chi connectivity index (χ2v) is 10.6. The summed E-state index contributed by atoms with van der Waals surface area (Å²) in [5.74, 6) is 0.930. The van der Waals surface area contributed by atoms with Gasteiger partial charge in [-0.25, -0.2) is 4.79 Å². The first-order valence-corrected chi connectivity index (χ1v) is 12.5. The van der Waals surface area contributed by atoms with Gasteiger partial charge >= 0.3 is 6.09 Å². The molecule has 1 saturated carbocycles. The fourth-order valence-corrected chi connectivity index (χ4v) is 5.54. The molecular formula is C25H47NO5. The van der Waals surface area contributed by atoms with Crippen LogP contribution in [0.5, 0.6) is 0 Å². The Morgan fingerprint density at radius 2 is 1.94 bits per heavy atom. The fourth-order valence-electron chi connectivity index (χ4n) is 5.54. The fraction of sp³-hybridized carbons (Fsp3) is 0.960. The summed E-state index contributed by atoms with van der Waals surface area (Å²) in [6.45, 7) is 10.2. The van der Waals surface area contributed by atoms with Gasteiger partial charge in [0.05, 0.1) is 18.2 Å². The lowest BCUT2D eigenvalue weighted by Crippen LogP contribution is -2.61. The van der Waals surface area contributed by atoms with Gasteiger partial charge in [0.1, 0.15) is 12.4 Å². The summed E-state index contributed by atoms with van der Waals surface area (Å²) >= 11 is 0. The normalized spacial score (nSPS) is 30.0. The van der Waals surface area contributed by atoms with Crippen molar-refractivity contribution >= 4 is 6.09 Å². The lowest BCUT2D eigenvalue weighted by atomic mass is 9.68. The van der Waals surface area contributed by atoms with Gasteiger partial charge in [-0.2, -0.15) is 0 Å². The first-order chi connectivity index (χ1) is 14.7. The van der Waals surface area contributed by atoms with Crippen LogP contribution in [-0.4, -0.2) is 59.9 Å². The molecule has 0 radical (unpaired) electrons. The largest absolute Gasteiger partial charge is 0.444 e. The Labute approximate surface area is 190 Å². The number of likely N-dealkylation sites (tertiary alicyclic amines) is 1. The predicted octanol–water partition coefficient (Wildman–Crippen LogP) is 5.51. The highest BCUT2D eigenvalue weighted by atomic mass is 16.7. The molecule has 1 amide bonds. The maximum absolute atomic E-state index is 13.0. The molecule has 0 spiro atoms. The third-order valence-electron chi connectivity index (χ3n) is 7.03. The zero-order chi connectivity index (χ0) is 23.0. The Balaban J connectivity index is 1.94. The van der Waals surface area contributed by atoms with Crippen molar-refractivity contribution in [3.8, 4) is 0 Å². The molecule has 6 heteroatoms. The van der Waals surface area contributed by atoms with Crippen molar-refractivity contribution in [1.29, 1.82) is 0 Å². The van der Waals surface area contributed by atoms with Crippen LogP contribution in [0.15, 0.2) is 0 Å². The lowest BCUT2D eigenvalue weighted by molar-refractivity contribution is -0.0831. The van der Waals surface area contributed by atoms with Gasteiger partial charge in [0.25, 0.3) is 0 Å². The highest BCUT2D eigenvalue weighted by molar-refractivity contribution is 5.69. The van der Waals surface area contributed by atoms with Crippen molar-refractivity contribution < 1.29 is 24.1 Å².